The number of esters is 3. The molecule has 4 rings (SSSR count). The SMILES string of the molecule is CCCC(=O)OC1CCC(C)=CC2OC(=O)C3(C)OC23C(OC(C)=O)C2C(C)C(=O)C=CC12C. The van der Waals surface area contributed by atoms with Gasteiger partial charge in [0.05, 0.1) is 0 Å². The summed E-state index contributed by atoms with van der Waals surface area (Å²) in [5, 5.41) is 0. The van der Waals surface area contributed by atoms with E-state index in [4.69, 9.17) is 18.9 Å². The number of rotatable bonds is 4. The van der Waals surface area contributed by atoms with E-state index in [1.807, 2.05) is 26.8 Å². The number of ketones is 1. The van der Waals surface area contributed by atoms with Gasteiger partial charge in [-0.05, 0) is 45.3 Å². The standard InChI is InChI=1S/C26H34O8/c1-7-8-20(29)32-18-10-9-14(2)13-19-26(25(6,34-26)23(30)33-19)22(31-16(4)27)21-15(3)17(28)11-12-24(18,21)5/h11-13,15,18-19,21-22H,7-10H2,1-6H3. The van der Waals surface area contributed by atoms with Crippen LogP contribution in [0.3, 0.4) is 0 Å². The molecule has 0 aromatic carbocycles. The van der Waals surface area contributed by atoms with Gasteiger partial charge >= 0.3 is 17.9 Å². The number of ether oxygens (including phenoxy) is 4. The van der Waals surface area contributed by atoms with Crippen LogP contribution in [0.1, 0.15) is 67.2 Å². The Bertz CT molecular complexity index is 981. The van der Waals surface area contributed by atoms with E-state index >= 15 is 0 Å². The van der Waals surface area contributed by atoms with Gasteiger partial charge in [-0.25, -0.2) is 4.79 Å². The van der Waals surface area contributed by atoms with E-state index in [1.54, 1.807) is 19.9 Å². The first-order valence-corrected chi connectivity index (χ1v) is 12.1. The highest BCUT2D eigenvalue weighted by Gasteiger charge is 2.87. The molecule has 8 unspecified atom stereocenters. The second-order valence-electron chi connectivity index (χ2n) is 10.5. The normalized spacial score (nSPS) is 43.0. The molecule has 0 N–H and O–H groups in total. The molecule has 2 heterocycles. The minimum atomic E-state index is -1.30. The first kappa shape index (κ1) is 24.6. The molecule has 8 atom stereocenters. The lowest BCUT2D eigenvalue weighted by Gasteiger charge is -2.49. The molecule has 34 heavy (non-hydrogen) atoms. The molecule has 0 bridgehead atoms. The van der Waals surface area contributed by atoms with Crippen molar-refractivity contribution in [2.45, 2.75) is 96.7 Å². The van der Waals surface area contributed by atoms with Gasteiger partial charge in [0.2, 0.25) is 0 Å². The predicted octanol–water partition coefficient (Wildman–Crippen LogP) is 3.22. The molecule has 1 spiro atoms. The summed E-state index contributed by atoms with van der Waals surface area (Å²) in [5.74, 6) is -2.69. The van der Waals surface area contributed by atoms with Gasteiger partial charge in [-0.2, -0.15) is 0 Å². The molecule has 2 aliphatic heterocycles. The van der Waals surface area contributed by atoms with Crippen LogP contribution in [0.15, 0.2) is 23.8 Å². The van der Waals surface area contributed by atoms with Crippen molar-refractivity contribution in [1.29, 1.82) is 0 Å². The van der Waals surface area contributed by atoms with Crippen molar-refractivity contribution in [2.24, 2.45) is 17.3 Å². The summed E-state index contributed by atoms with van der Waals surface area (Å²) < 4.78 is 23.8. The lowest BCUT2D eigenvalue weighted by atomic mass is 9.57. The Morgan fingerprint density at radius 3 is 2.53 bits per heavy atom. The van der Waals surface area contributed by atoms with Gasteiger partial charge in [0, 0.05) is 30.6 Å². The van der Waals surface area contributed by atoms with Crippen LogP contribution in [0.4, 0.5) is 0 Å². The Labute approximate surface area is 200 Å². The molecule has 4 aliphatic rings. The number of hydrogen-bond donors (Lipinski definition) is 0. The molecule has 2 fully saturated rings. The van der Waals surface area contributed by atoms with Crippen molar-refractivity contribution in [2.75, 3.05) is 0 Å². The zero-order valence-electron chi connectivity index (χ0n) is 20.7. The molecule has 2 saturated heterocycles. The summed E-state index contributed by atoms with van der Waals surface area (Å²) in [6, 6.07) is 0. The molecule has 0 saturated carbocycles. The molecule has 0 aromatic heterocycles. The average molecular weight is 475 g/mol. The fourth-order valence-electron chi connectivity index (χ4n) is 6.18. The van der Waals surface area contributed by atoms with E-state index in [1.165, 1.54) is 13.0 Å². The molecule has 2 aliphatic carbocycles. The van der Waals surface area contributed by atoms with Crippen LogP contribution >= 0.6 is 0 Å². The maximum Gasteiger partial charge on any atom is 0.342 e. The molecule has 0 radical (unpaired) electrons. The Kier molecular flexibility index (Phi) is 6.03. The minimum Gasteiger partial charge on any atom is -0.461 e. The second kappa shape index (κ2) is 8.33. The average Bonchev–Trinajstić information content (AvgIpc) is 3.34. The van der Waals surface area contributed by atoms with Crippen LogP contribution in [0.2, 0.25) is 0 Å². The maximum atomic E-state index is 12.9. The van der Waals surface area contributed by atoms with Gasteiger partial charge in [0.15, 0.2) is 23.1 Å². The van der Waals surface area contributed by atoms with E-state index < -0.39 is 58.7 Å². The number of epoxide rings is 1. The lowest BCUT2D eigenvalue weighted by molar-refractivity contribution is -0.180. The molecule has 0 amide bonds. The van der Waals surface area contributed by atoms with E-state index in [0.717, 1.165) is 5.57 Å². The predicted molar refractivity (Wildman–Crippen MR) is 120 cm³/mol. The van der Waals surface area contributed by atoms with Crippen molar-refractivity contribution in [3.8, 4) is 0 Å². The summed E-state index contributed by atoms with van der Waals surface area (Å²) in [6.07, 6.45) is 4.89. The number of allylic oxidation sites excluding steroid dienone is 2. The first-order chi connectivity index (χ1) is 15.9. The molecule has 8 heteroatoms. The Morgan fingerprint density at radius 1 is 1.21 bits per heavy atom. The van der Waals surface area contributed by atoms with Crippen molar-refractivity contribution in [1.82, 2.24) is 0 Å². The van der Waals surface area contributed by atoms with Crippen LogP contribution in [0, 0.1) is 17.3 Å². The van der Waals surface area contributed by atoms with Gasteiger partial charge in [-0.3, -0.25) is 14.4 Å². The molecular weight excluding hydrogens is 440 g/mol. The first-order valence-electron chi connectivity index (χ1n) is 12.1. The van der Waals surface area contributed by atoms with Crippen LogP contribution in [0.25, 0.3) is 0 Å². The summed E-state index contributed by atoms with van der Waals surface area (Å²) in [6.45, 7) is 10.5. The van der Waals surface area contributed by atoms with Gasteiger partial charge in [-0.15, -0.1) is 0 Å². The monoisotopic (exact) mass is 474 g/mol. The Balaban J connectivity index is 1.91. The lowest BCUT2D eigenvalue weighted by Crippen LogP contribution is -2.59. The van der Waals surface area contributed by atoms with Crippen LogP contribution in [-0.4, -0.2) is 53.2 Å². The minimum absolute atomic E-state index is 0.123. The summed E-state index contributed by atoms with van der Waals surface area (Å²) in [7, 11) is 0. The highest BCUT2D eigenvalue weighted by molar-refractivity contribution is 5.93. The molecular formula is C26H34O8. The van der Waals surface area contributed by atoms with Crippen molar-refractivity contribution >= 4 is 23.7 Å². The zero-order chi connectivity index (χ0) is 25.1. The Hall–Kier alpha value is -2.48. The van der Waals surface area contributed by atoms with E-state index in [9.17, 15) is 19.2 Å². The van der Waals surface area contributed by atoms with Gasteiger partial charge < -0.3 is 18.9 Å². The molecule has 186 valence electrons. The zero-order valence-corrected chi connectivity index (χ0v) is 20.7. The number of fused-ring (bicyclic) bond motifs is 1. The van der Waals surface area contributed by atoms with Crippen LogP contribution < -0.4 is 0 Å². The third kappa shape index (κ3) is 3.53. The van der Waals surface area contributed by atoms with Gasteiger partial charge in [-0.1, -0.05) is 32.4 Å². The third-order valence-corrected chi connectivity index (χ3v) is 8.14. The maximum absolute atomic E-state index is 12.9. The summed E-state index contributed by atoms with van der Waals surface area (Å²) >= 11 is 0. The number of hydrogen-bond acceptors (Lipinski definition) is 8. The Morgan fingerprint density at radius 2 is 1.91 bits per heavy atom. The van der Waals surface area contributed by atoms with Crippen molar-refractivity contribution in [3.05, 3.63) is 23.8 Å². The highest BCUT2D eigenvalue weighted by atomic mass is 16.7. The van der Waals surface area contributed by atoms with Crippen molar-refractivity contribution in [3.63, 3.8) is 0 Å². The second-order valence-corrected chi connectivity index (χ2v) is 10.5. The molecule has 0 aromatic rings. The fraction of sp³-hybridized carbons (Fsp3) is 0.692. The van der Waals surface area contributed by atoms with E-state index in [0.29, 0.717) is 19.3 Å². The smallest absolute Gasteiger partial charge is 0.342 e. The van der Waals surface area contributed by atoms with Gasteiger partial charge in [0.25, 0.3) is 0 Å². The van der Waals surface area contributed by atoms with Crippen LogP contribution in [0.5, 0.6) is 0 Å². The fourth-order valence-corrected chi connectivity index (χ4v) is 6.18. The topological polar surface area (TPSA) is 108 Å². The van der Waals surface area contributed by atoms with E-state index in [2.05, 4.69) is 0 Å². The number of carbonyl (C=O) groups excluding carboxylic acids is 4. The van der Waals surface area contributed by atoms with Gasteiger partial charge in [0.1, 0.15) is 12.2 Å². The van der Waals surface area contributed by atoms with Crippen LogP contribution in [-0.2, 0) is 38.1 Å². The molecule has 8 nitrogen and oxygen atoms in total. The van der Waals surface area contributed by atoms with Crippen molar-refractivity contribution < 1.29 is 38.1 Å². The summed E-state index contributed by atoms with van der Waals surface area (Å²) in [4.78, 5) is 50.7. The van der Waals surface area contributed by atoms with E-state index in [-0.39, 0.29) is 18.2 Å². The summed E-state index contributed by atoms with van der Waals surface area (Å²) in [5.41, 5.74) is -2.47. The highest BCUT2D eigenvalue weighted by Crippen LogP contribution is 2.64. The largest absolute Gasteiger partial charge is 0.461 e. The quantitative estimate of drug-likeness (QED) is 0.264. The number of carbonyl (C=O) groups is 4. The third-order valence-electron chi connectivity index (χ3n) is 8.14.